The van der Waals surface area contributed by atoms with Crippen molar-refractivity contribution in [1.82, 2.24) is 10.2 Å². The number of hydrogen-bond acceptors (Lipinski definition) is 18. The van der Waals surface area contributed by atoms with E-state index in [1.165, 1.54) is 99.4 Å². The first-order chi connectivity index (χ1) is 58.3. The summed E-state index contributed by atoms with van der Waals surface area (Å²) in [5.41, 5.74) is 11.4. The SMILES string of the molecule is BrCC1CC1.O=C(O)C1CN(Cc2ccc(-c3cc4cc(COCC5CC5)ccc4o3)c(F)c2)C1.O=C(O)C1CNC1.O=Cc1ccc(-c2cc3cc(COCC4CC4)ccc3o2)c(F)c1.O=Cc1ccc(Br)cc1F.OB(O)c1cc2cc(COCC3CC3)ccc2o1.OCc1ccc2occc2c1.c1cc2cc(COCC3CC3)ccc2o1. The number of furan rings is 5. The number of aliphatic hydroxyl groups excluding tert-OH is 1. The average molecular weight is 1770 g/mol. The third kappa shape index (κ3) is 26.8. The van der Waals surface area contributed by atoms with E-state index in [1.807, 2.05) is 114 Å². The quantitative estimate of drug-likeness (QED) is 0.0158. The Morgan fingerprint density at radius 1 is 0.458 bits per heavy atom. The third-order valence-electron chi connectivity index (χ3n) is 21.1. The van der Waals surface area contributed by atoms with Crippen LogP contribution in [0.3, 0.4) is 0 Å². The maximum Gasteiger partial charge on any atom is 0.526 e. The molecule has 5 aromatic heterocycles. The van der Waals surface area contributed by atoms with Gasteiger partial charge in [0.1, 0.15) is 68.8 Å². The summed E-state index contributed by atoms with van der Waals surface area (Å²) in [7, 11) is -1.56. The van der Waals surface area contributed by atoms with E-state index in [9.17, 15) is 32.3 Å². The van der Waals surface area contributed by atoms with Crippen molar-refractivity contribution in [2.24, 2.45) is 41.4 Å². The van der Waals surface area contributed by atoms with Gasteiger partial charge in [0.2, 0.25) is 0 Å². The number of aliphatic hydroxyl groups is 1. The number of aldehydes is 2. The lowest BCUT2D eigenvalue weighted by Crippen LogP contribution is -2.49. The molecule has 2 saturated heterocycles. The lowest BCUT2D eigenvalue weighted by molar-refractivity contribution is -0.148. The molecule has 0 amide bonds. The van der Waals surface area contributed by atoms with Crippen LogP contribution >= 0.6 is 31.9 Å². The fourth-order valence-electron chi connectivity index (χ4n) is 12.8. The van der Waals surface area contributed by atoms with Gasteiger partial charge in [-0.3, -0.25) is 24.1 Å². The van der Waals surface area contributed by atoms with Crippen LogP contribution in [0.15, 0.2) is 215 Å². The third-order valence-corrected chi connectivity index (χ3v) is 22.5. The number of hydrogen-bond donors (Lipinski definition) is 6. The fraction of sp³-hybridized carbons (Fsp3) is 0.340. The summed E-state index contributed by atoms with van der Waals surface area (Å²) < 4.78 is 92.2. The van der Waals surface area contributed by atoms with Crippen LogP contribution in [0.2, 0.25) is 0 Å². The normalized spacial score (nSPS) is 15.4. The van der Waals surface area contributed by atoms with Crippen LogP contribution in [0, 0.1) is 58.9 Å². The topological polar surface area (TPSA) is 287 Å². The van der Waals surface area contributed by atoms with E-state index >= 15 is 0 Å². The van der Waals surface area contributed by atoms with Crippen LogP contribution in [0.5, 0.6) is 0 Å². The highest BCUT2D eigenvalue weighted by Crippen LogP contribution is 2.37. The van der Waals surface area contributed by atoms with Crippen LogP contribution in [0.25, 0.3) is 77.5 Å². The first kappa shape index (κ1) is 88.0. The number of carbonyl (C=O) groups excluding carboxylic acids is 2. The minimum Gasteiger partial charge on any atom is -0.481 e. The van der Waals surface area contributed by atoms with Gasteiger partial charge < -0.3 is 71.7 Å². The van der Waals surface area contributed by atoms with Gasteiger partial charge in [0.25, 0.3) is 0 Å². The summed E-state index contributed by atoms with van der Waals surface area (Å²) in [4.78, 5) is 43.6. The van der Waals surface area contributed by atoms with Crippen LogP contribution < -0.4 is 11.0 Å². The summed E-state index contributed by atoms with van der Waals surface area (Å²) in [6, 6.07) is 52.3. The summed E-state index contributed by atoms with van der Waals surface area (Å²) in [6.45, 7) is 8.81. The summed E-state index contributed by atoms with van der Waals surface area (Å²) in [5, 5.41) is 53.0. The van der Waals surface area contributed by atoms with Crippen LogP contribution in [0.4, 0.5) is 13.2 Å². The summed E-state index contributed by atoms with van der Waals surface area (Å²) in [5.74, 6) is 1.91. The lowest BCUT2D eigenvalue weighted by Gasteiger charge is -2.36. The predicted octanol–water partition coefficient (Wildman–Crippen LogP) is 19.5. The molecular weight excluding hydrogens is 1670 g/mol. The molecule has 6 N–H and O–H groups in total. The highest BCUT2D eigenvalue weighted by atomic mass is 79.9. The number of nitrogens with one attached hydrogen (secondary N) is 1. The Labute approximate surface area is 709 Å². The van der Waals surface area contributed by atoms with Crippen molar-refractivity contribution < 1.29 is 98.8 Å². The van der Waals surface area contributed by atoms with Crippen molar-refractivity contribution in [3.63, 3.8) is 0 Å². The first-order valence-electron chi connectivity index (χ1n) is 40.5. The van der Waals surface area contributed by atoms with E-state index in [-0.39, 0.29) is 35.5 Å². The average Bonchev–Trinajstić information content (AvgIpc) is 1.72. The molecule has 2 aliphatic heterocycles. The largest absolute Gasteiger partial charge is 0.526 e. The molecular formula is C94H96BBr2F3N2O18. The van der Waals surface area contributed by atoms with Crippen molar-refractivity contribution >= 4 is 124 Å². The Kier molecular flexibility index (Phi) is 31.6. The van der Waals surface area contributed by atoms with Gasteiger partial charge >= 0.3 is 19.1 Å². The molecule has 13 aromatic rings. The molecule has 20 rings (SSSR count). The smallest absolute Gasteiger partial charge is 0.481 e. The van der Waals surface area contributed by atoms with Gasteiger partial charge in [-0.1, -0.05) is 74.3 Å². The van der Waals surface area contributed by atoms with Crippen molar-refractivity contribution in [2.45, 2.75) is 104 Å². The van der Waals surface area contributed by atoms with Gasteiger partial charge in [0.15, 0.2) is 6.29 Å². The molecule has 0 spiro atoms. The number of halogens is 5. The Morgan fingerprint density at radius 3 is 1.27 bits per heavy atom. The monoisotopic (exact) mass is 1770 g/mol. The standard InChI is InChI=1S/C24H24FNO4.C20H17FO3.C13H15BO4.C13H14O2.C9H8O2.C7H4BrFO.C4H7Br.C4H7NO2/c25-21-8-16(10-26-11-19(12-26)24(27)28)3-5-20(21)23-9-18-7-17(4-6-22(18)30-23)14-29-13-15-1-2-15;21-18-8-14(10-22)3-5-17(18)20-9-16-7-15(4-6-19(16)24-20)12-23-11-13-1-2-13;15-14(16)13-6-11-5-10(3-4-12(11)18-13)8-17-7-9-1-2-9;1-2-10(1)8-14-9-11-3-4-13-12(7-11)5-6-15-13;10-6-7-1-2-9-8(5-7)3-4-11-9;8-6-2-1-5(4-10)7(9)3-6;5-3-4-1-2-4;6-4(7)3-1-5-2-3/h3-9,15,19H,1-2,10-14H2,(H,27,28);3-10,13H,1-2,11-12H2;3-6,9,15-16H,1-2,7-8H2;3-7,10H,1-2,8-9H2;1-5,10H,6H2;1-4H;4H,1-3H2;3,5H,1-2H2,(H,6,7). The van der Waals surface area contributed by atoms with Gasteiger partial charge in [0, 0.05) is 101 Å². The zero-order valence-electron chi connectivity index (χ0n) is 66.2. The van der Waals surface area contributed by atoms with Gasteiger partial charge in [-0.2, -0.15) is 0 Å². The van der Waals surface area contributed by atoms with Crippen molar-refractivity contribution in [3.05, 3.63) is 255 Å². The second kappa shape index (κ2) is 43.1. The molecule has 0 radical (unpaired) electrons. The van der Waals surface area contributed by atoms with E-state index in [1.54, 1.807) is 42.9 Å². The molecule has 7 aliphatic rings. The minimum absolute atomic E-state index is 0.0844. The fourth-order valence-corrected chi connectivity index (χ4v) is 13.8. The second-order valence-corrected chi connectivity index (χ2v) is 33.0. The molecule has 7 fully saturated rings. The van der Waals surface area contributed by atoms with Crippen LogP contribution in [0.1, 0.15) is 118 Å². The predicted molar refractivity (Wildman–Crippen MR) is 459 cm³/mol. The molecule has 120 heavy (non-hydrogen) atoms. The molecule has 20 nitrogen and oxygen atoms in total. The van der Waals surface area contributed by atoms with Gasteiger partial charge in [-0.05, 0) is 261 Å². The number of fused-ring (bicyclic) bond motifs is 5. The summed E-state index contributed by atoms with van der Waals surface area (Å²) >= 11 is 6.45. The molecule has 26 heteroatoms. The molecule has 0 bridgehead atoms. The number of alkyl halides is 1. The molecule has 5 saturated carbocycles. The molecule has 5 aliphatic carbocycles. The Bertz CT molecular complexity index is 5560. The van der Waals surface area contributed by atoms with E-state index in [0.717, 1.165) is 134 Å². The Balaban J connectivity index is 0.000000125. The van der Waals surface area contributed by atoms with E-state index in [2.05, 4.69) is 49.3 Å². The zero-order chi connectivity index (χ0) is 84.0. The molecule has 628 valence electrons. The number of rotatable bonds is 27. The van der Waals surface area contributed by atoms with E-state index in [0.29, 0.717) is 109 Å². The Hall–Kier alpha value is -9.81. The van der Waals surface area contributed by atoms with Crippen molar-refractivity contribution in [1.29, 1.82) is 0 Å². The summed E-state index contributed by atoms with van der Waals surface area (Å²) in [6.07, 6.45) is 17.8. The van der Waals surface area contributed by atoms with Gasteiger partial charge in [0.05, 0.1) is 74.1 Å². The molecule has 0 atom stereocenters. The molecule has 7 heterocycles. The van der Waals surface area contributed by atoms with E-state index in [4.69, 9.17) is 66.4 Å². The molecule has 0 unspecified atom stereocenters. The number of nitrogens with zero attached hydrogens (tertiary/aromatic N) is 1. The number of aliphatic carboxylic acids is 2. The Morgan fingerprint density at radius 2 is 0.883 bits per heavy atom. The van der Waals surface area contributed by atoms with Crippen molar-refractivity contribution in [3.8, 4) is 22.6 Å². The number of carboxylic acids is 2. The van der Waals surface area contributed by atoms with Gasteiger partial charge in [-0.25, -0.2) is 13.2 Å². The number of ether oxygens (including phenoxy) is 4. The number of likely N-dealkylation sites (tertiary alicyclic amines) is 1. The second-order valence-electron chi connectivity index (χ2n) is 31.4. The maximum absolute atomic E-state index is 14.8. The molecule has 8 aromatic carbocycles. The van der Waals surface area contributed by atoms with Crippen LogP contribution in [-0.4, -0.2) is 120 Å². The highest BCUT2D eigenvalue weighted by molar-refractivity contribution is 9.10. The minimum atomic E-state index is -1.56. The maximum atomic E-state index is 14.8. The number of benzene rings is 8. The van der Waals surface area contributed by atoms with E-state index < -0.39 is 30.7 Å². The van der Waals surface area contributed by atoms with Crippen molar-refractivity contribution in [2.75, 3.05) is 57.9 Å². The van der Waals surface area contributed by atoms with Crippen LogP contribution in [-0.2, 0) is 68.1 Å². The van der Waals surface area contributed by atoms with Gasteiger partial charge in [-0.15, -0.1) is 0 Å². The number of carboxylic acid groups (broad SMARTS) is 2. The first-order valence-corrected chi connectivity index (χ1v) is 42.4. The zero-order valence-corrected chi connectivity index (χ0v) is 69.4. The highest BCUT2D eigenvalue weighted by Gasteiger charge is 2.33. The number of carbonyl (C=O) groups is 4. The lowest BCUT2D eigenvalue weighted by atomic mass is 9.88.